The predicted octanol–water partition coefficient (Wildman–Crippen LogP) is 2.93. The summed E-state index contributed by atoms with van der Waals surface area (Å²) in [5, 5.41) is 0. The largest absolute Gasteiger partial charge is 0.466 e. The third-order valence-corrected chi connectivity index (χ3v) is 2.12. The van der Waals surface area contributed by atoms with E-state index in [1.165, 1.54) is 6.42 Å². The summed E-state index contributed by atoms with van der Waals surface area (Å²) >= 11 is 0. The smallest absolute Gasteiger partial charge is 0.305 e. The Bertz CT molecular complexity index is 146. The normalized spacial score (nSPS) is 10.3. The topological polar surface area (TPSA) is 35.5 Å². The van der Waals surface area contributed by atoms with Crippen LogP contribution in [0.25, 0.3) is 0 Å². The number of hydrogen-bond donors (Lipinski definition) is 0. The van der Waals surface area contributed by atoms with Crippen molar-refractivity contribution in [2.75, 3.05) is 19.8 Å². The lowest BCUT2D eigenvalue weighted by Crippen LogP contribution is -2.03. The van der Waals surface area contributed by atoms with Crippen LogP contribution in [-0.4, -0.2) is 25.8 Å². The Morgan fingerprint density at radius 2 is 1.73 bits per heavy atom. The van der Waals surface area contributed by atoms with Crippen LogP contribution < -0.4 is 0 Å². The lowest BCUT2D eigenvalue weighted by Gasteiger charge is -2.03. The SMILES string of the molecule is CCCCOCCCCCC(=O)OCC. The van der Waals surface area contributed by atoms with E-state index in [0.29, 0.717) is 13.0 Å². The molecule has 0 aliphatic carbocycles. The van der Waals surface area contributed by atoms with Crippen LogP contribution >= 0.6 is 0 Å². The van der Waals surface area contributed by atoms with Crippen molar-refractivity contribution in [3.05, 3.63) is 0 Å². The summed E-state index contributed by atoms with van der Waals surface area (Å²) in [5.74, 6) is -0.0793. The number of carbonyl (C=O) groups excluding carboxylic acids is 1. The van der Waals surface area contributed by atoms with Crippen LogP contribution in [0.4, 0.5) is 0 Å². The molecule has 0 saturated heterocycles. The van der Waals surface area contributed by atoms with Crippen LogP contribution in [0.15, 0.2) is 0 Å². The molecule has 0 atom stereocenters. The third-order valence-electron chi connectivity index (χ3n) is 2.12. The first-order valence-electron chi connectivity index (χ1n) is 6.04. The van der Waals surface area contributed by atoms with E-state index < -0.39 is 0 Å². The maximum atomic E-state index is 11.0. The first kappa shape index (κ1) is 14.4. The molecule has 0 N–H and O–H groups in total. The van der Waals surface area contributed by atoms with Gasteiger partial charge in [-0.1, -0.05) is 19.8 Å². The minimum Gasteiger partial charge on any atom is -0.466 e. The summed E-state index contributed by atoms with van der Waals surface area (Å²) < 4.78 is 10.2. The van der Waals surface area contributed by atoms with E-state index in [1.807, 2.05) is 6.92 Å². The third kappa shape index (κ3) is 11.4. The van der Waals surface area contributed by atoms with Crippen molar-refractivity contribution in [3.8, 4) is 0 Å². The summed E-state index contributed by atoms with van der Waals surface area (Å²) in [4.78, 5) is 11.0. The van der Waals surface area contributed by atoms with Gasteiger partial charge in [0.2, 0.25) is 0 Å². The quantitative estimate of drug-likeness (QED) is 0.416. The highest BCUT2D eigenvalue weighted by molar-refractivity contribution is 5.69. The maximum Gasteiger partial charge on any atom is 0.305 e. The zero-order chi connectivity index (χ0) is 11.4. The number of carbonyl (C=O) groups is 1. The molecule has 0 saturated carbocycles. The van der Waals surface area contributed by atoms with Gasteiger partial charge in [-0.3, -0.25) is 4.79 Å². The summed E-state index contributed by atoms with van der Waals surface area (Å²) in [6.07, 6.45) is 5.87. The number of unbranched alkanes of at least 4 members (excludes halogenated alkanes) is 3. The number of rotatable bonds is 10. The van der Waals surface area contributed by atoms with Crippen molar-refractivity contribution in [3.63, 3.8) is 0 Å². The average molecular weight is 216 g/mol. The van der Waals surface area contributed by atoms with E-state index in [1.54, 1.807) is 0 Å². The van der Waals surface area contributed by atoms with Crippen molar-refractivity contribution >= 4 is 5.97 Å². The predicted molar refractivity (Wildman–Crippen MR) is 60.8 cm³/mol. The molecule has 15 heavy (non-hydrogen) atoms. The molecule has 0 unspecified atom stereocenters. The molecular weight excluding hydrogens is 192 g/mol. The molecule has 0 heterocycles. The first-order chi connectivity index (χ1) is 7.31. The Hall–Kier alpha value is -0.570. The highest BCUT2D eigenvalue weighted by atomic mass is 16.5. The summed E-state index contributed by atoms with van der Waals surface area (Å²) in [7, 11) is 0. The lowest BCUT2D eigenvalue weighted by molar-refractivity contribution is -0.143. The second-order valence-corrected chi connectivity index (χ2v) is 3.58. The van der Waals surface area contributed by atoms with Gasteiger partial charge < -0.3 is 9.47 Å². The molecule has 3 heteroatoms. The fraction of sp³-hybridized carbons (Fsp3) is 0.917. The molecule has 0 aliphatic heterocycles. The van der Waals surface area contributed by atoms with E-state index in [-0.39, 0.29) is 5.97 Å². The van der Waals surface area contributed by atoms with Gasteiger partial charge in [0.25, 0.3) is 0 Å². The van der Waals surface area contributed by atoms with Crippen LogP contribution in [0, 0.1) is 0 Å². The standard InChI is InChI=1S/C12H24O3/c1-3-5-10-14-11-8-6-7-9-12(13)15-4-2/h3-11H2,1-2H3. The molecule has 0 aromatic heterocycles. The highest BCUT2D eigenvalue weighted by Crippen LogP contribution is 2.02. The highest BCUT2D eigenvalue weighted by Gasteiger charge is 2.00. The second-order valence-electron chi connectivity index (χ2n) is 3.58. The Balaban J connectivity index is 3.01. The van der Waals surface area contributed by atoms with Crippen molar-refractivity contribution in [1.29, 1.82) is 0 Å². The van der Waals surface area contributed by atoms with Crippen LogP contribution in [0.2, 0.25) is 0 Å². The van der Waals surface area contributed by atoms with Gasteiger partial charge in [0.05, 0.1) is 6.61 Å². The first-order valence-corrected chi connectivity index (χ1v) is 6.04. The molecule has 0 rings (SSSR count). The fourth-order valence-electron chi connectivity index (χ4n) is 1.23. The van der Waals surface area contributed by atoms with Gasteiger partial charge in [-0.2, -0.15) is 0 Å². The summed E-state index contributed by atoms with van der Waals surface area (Å²) in [5.41, 5.74) is 0. The van der Waals surface area contributed by atoms with Crippen molar-refractivity contribution in [2.45, 2.75) is 52.4 Å². The van der Waals surface area contributed by atoms with Gasteiger partial charge in [-0.15, -0.1) is 0 Å². The van der Waals surface area contributed by atoms with E-state index >= 15 is 0 Å². The molecule has 90 valence electrons. The van der Waals surface area contributed by atoms with Crippen LogP contribution in [0.5, 0.6) is 0 Å². The monoisotopic (exact) mass is 216 g/mol. The van der Waals surface area contributed by atoms with Gasteiger partial charge in [0, 0.05) is 19.6 Å². The number of esters is 1. The van der Waals surface area contributed by atoms with Crippen LogP contribution in [0.1, 0.15) is 52.4 Å². The van der Waals surface area contributed by atoms with Gasteiger partial charge >= 0.3 is 5.97 Å². The zero-order valence-electron chi connectivity index (χ0n) is 10.1. The Labute approximate surface area is 93.1 Å². The van der Waals surface area contributed by atoms with E-state index in [4.69, 9.17) is 9.47 Å². The van der Waals surface area contributed by atoms with Crippen LogP contribution in [0.3, 0.4) is 0 Å². The maximum absolute atomic E-state index is 11.0. The molecule has 3 nitrogen and oxygen atoms in total. The minimum absolute atomic E-state index is 0.0793. The summed E-state index contributed by atoms with van der Waals surface area (Å²) in [6, 6.07) is 0. The molecule has 0 spiro atoms. The molecule has 0 fully saturated rings. The van der Waals surface area contributed by atoms with E-state index in [9.17, 15) is 4.79 Å². The lowest BCUT2D eigenvalue weighted by atomic mass is 10.2. The second kappa shape index (κ2) is 11.5. The number of hydrogen-bond acceptors (Lipinski definition) is 3. The van der Waals surface area contributed by atoms with E-state index in [2.05, 4.69) is 6.92 Å². The van der Waals surface area contributed by atoms with Crippen molar-refractivity contribution < 1.29 is 14.3 Å². The Morgan fingerprint density at radius 3 is 2.40 bits per heavy atom. The molecule has 0 amide bonds. The molecule has 0 aromatic carbocycles. The molecule has 0 aliphatic rings. The molecule has 0 aromatic rings. The fourth-order valence-corrected chi connectivity index (χ4v) is 1.23. The Morgan fingerprint density at radius 1 is 1.00 bits per heavy atom. The molecule has 0 bridgehead atoms. The summed E-state index contributed by atoms with van der Waals surface area (Å²) in [6.45, 7) is 6.17. The minimum atomic E-state index is -0.0793. The Kier molecular flexibility index (Phi) is 11.1. The molecule has 0 radical (unpaired) electrons. The number of ether oxygens (including phenoxy) is 2. The molecular formula is C12H24O3. The van der Waals surface area contributed by atoms with Crippen molar-refractivity contribution in [2.24, 2.45) is 0 Å². The van der Waals surface area contributed by atoms with Gasteiger partial charge in [-0.25, -0.2) is 0 Å². The average Bonchev–Trinajstić information content (AvgIpc) is 2.22. The van der Waals surface area contributed by atoms with E-state index in [0.717, 1.165) is 38.9 Å². The van der Waals surface area contributed by atoms with Crippen LogP contribution in [-0.2, 0) is 14.3 Å². The zero-order valence-corrected chi connectivity index (χ0v) is 10.1. The van der Waals surface area contributed by atoms with Gasteiger partial charge in [0.15, 0.2) is 0 Å². The van der Waals surface area contributed by atoms with Gasteiger partial charge in [0.1, 0.15) is 0 Å². The van der Waals surface area contributed by atoms with Crippen molar-refractivity contribution in [1.82, 2.24) is 0 Å². The van der Waals surface area contributed by atoms with Gasteiger partial charge in [-0.05, 0) is 26.2 Å².